The number of amides is 1. The van der Waals surface area contributed by atoms with Crippen LogP contribution in [0.4, 0.5) is 5.13 Å². The van der Waals surface area contributed by atoms with Crippen LogP contribution in [0.25, 0.3) is 0 Å². The Bertz CT molecular complexity index is 667. The molecule has 0 saturated carbocycles. The molecule has 1 fully saturated rings. The van der Waals surface area contributed by atoms with Gasteiger partial charge in [0.25, 0.3) is 0 Å². The normalized spacial score (nSPS) is 17.8. The van der Waals surface area contributed by atoms with Crippen LogP contribution in [0.3, 0.4) is 0 Å². The van der Waals surface area contributed by atoms with Gasteiger partial charge in [-0.05, 0) is 24.5 Å². The fourth-order valence-corrected chi connectivity index (χ4v) is 4.03. The summed E-state index contributed by atoms with van der Waals surface area (Å²) >= 11 is 2.68. The highest BCUT2D eigenvalue weighted by Gasteiger charge is 2.24. The van der Waals surface area contributed by atoms with Crippen molar-refractivity contribution < 1.29 is 9.53 Å². The van der Waals surface area contributed by atoms with E-state index in [1.807, 2.05) is 17.0 Å². The standard InChI is InChI=1S/C15H19N5O2S2/c16-14-18-19-15(24-14)23-10-13(21)20-6-2-4-12(8-20)22-9-11-3-1-5-17-7-11/h1,3,5,7,12H,2,4,6,8-10H2,(H2,16,18)/t12-/m1/s1. The van der Waals surface area contributed by atoms with E-state index in [9.17, 15) is 4.79 Å². The van der Waals surface area contributed by atoms with Crippen LogP contribution in [0.2, 0.25) is 0 Å². The number of hydrogen-bond donors (Lipinski definition) is 1. The summed E-state index contributed by atoms with van der Waals surface area (Å²) in [5, 5.41) is 8.09. The van der Waals surface area contributed by atoms with E-state index in [0.717, 1.165) is 29.3 Å². The zero-order valence-corrected chi connectivity index (χ0v) is 14.8. The fourth-order valence-electron chi connectivity index (χ4n) is 2.49. The Morgan fingerprint density at radius 3 is 3.17 bits per heavy atom. The molecule has 0 radical (unpaired) electrons. The van der Waals surface area contributed by atoms with Crippen LogP contribution in [0.1, 0.15) is 18.4 Å². The number of nitrogens with zero attached hydrogens (tertiary/aromatic N) is 4. The van der Waals surface area contributed by atoms with Gasteiger partial charge in [-0.25, -0.2) is 0 Å². The van der Waals surface area contributed by atoms with Gasteiger partial charge in [0, 0.05) is 25.5 Å². The number of carbonyl (C=O) groups excluding carboxylic acids is 1. The number of aromatic nitrogens is 3. The lowest BCUT2D eigenvalue weighted by Crippen LogP contribution is -2.44. The summed E-state index contributed by atoms with van der Waals surface area (Å²) in [5.41, 5.74) is 6.59. The van der Waals surface area contributed by atoms with E-state index in [0.29, 0.717) is 24.0 Å². The summed E-state index contributed by atoms with van der Waals surface area (Å²) in [6.45, 7) is 1.95. The van der Waals surface area contributed by atoms with E-state index < -0.39 is 0 Å². The monoisotopic (exact) mass is 365 g/mol. The highest BCUT2D eigenvalue weighted by molar-refractivity contribution is 8.01. The molecular formula is C15H19N5O2S2. The van der Waals surface area contributed by atoms with Gasteiger partial charge >= 0.3 is 0 Å². The maximum Gasteiger partial charge on any atom is 0.233 e. The van der Waals surface area contributed by atoms with Crippen LogP contribution in [-0.4, -0.2) is 50.9 Å². The zero-order valence-electron chi connectivity index (χ0n) is 13.1. The van der Waals surface area contributed by atoms with Crippen LogP contribution < -0.4 is 5.73 Å². The smallest absolute Gasteiger partial charge is 0.233 e. The number of carbonyl (C=O) groups is 1. The molecule has 0 unspecified atom stereocenters. The molecule has 2 aromatic rings. The average Bonchev–Trinajstić information content (AvgIpc) is 3.04. The first-order valence-corrected chi connectivity index (χ1v) is 9.51. The van der Waals surface area contributed by atoms with Gasteiger partial charge in [0.05, 0.1) is 18.5 Å². The molecule has 7 nitrogen and oxygen atoms in total. The number of hydrogen-bond acceptors (Lipinski definition) is 8. The van der Waals surface area contributed by atoms with Crippen molar-refractivity contribution in [3.63, 3.8) is 0 Å². The first kappa shape index (κ1) is 17.1. The fraction of sp³-hybridized carbons (Fsp3) is 0.467. The summed E-state index contributed by atoms with van der Waals surface area (Å²) in [5.74, 6) is 0.452. The van der Waals surface area contributed by atoms with Crippen LogP contribution in [0.5, 0.6) is 0 Å². The van der Waals surface area contributed by atoms with Crippen molar-refractivity contribution in [1.82, 2.24) is 20.1 Å². The summed E-state index contributed by atoms with van der Waals surface area (Å²) < 4.78 is 6.66. The highest BCUT2D eigenvalue weighted by atomic mass is 32.2. The van der Waals surface area contributed by atoms with Gasteiger partial charge in [-0.3, -0.25) is 9.78 Å². The van der Waals surface area contributed by atoms with E-state index >= 15 is 0 Å². The number of piperidine rings is 1. The number of nitrogens with two attached hydrogens (primary N) is 1. The Labute approximate surface area is 148 Å². The van der Waals surface area contributed by atoms with Crippen LogP contribution in [0.15, 0.2) is 28.9 Å². The number of thioether (sulfide) groups is 1. The van der Waals surface area contributed by atoms with E-state index in [2.05, 4.69) is 15.2 Å². The first-order valence-electron chi connectivity index (χ1n) is 7.71. The van der Waals surface area contributed by atoms with Gasteiger partial charge in [-0.15, -0.1) is 10.2 Å². The number of rotatable bonds is 6. The van der Waals surface area contributed by atoms with Crippen molar-refractivity contribution in [2.45, 2.75) is 29.9 Å². The van der Waals surface area contributed by atoms with Crippen molar-refractivity contribution in [2.75, 3.05) is 24.6 Å². The summed E-state index contributed by atoms with van der Waals surface area (Å²) in [7, 11) is 0. The Morgan fingerprint density at radius 2 is 2.42 bits per heavy atom. The van der Waals surface area contributed by atoms with Crippen LogP contribution in [0, 0.1) is 0 Å². The molecule has 1 aliphatic heterocycles. The third kappa shape index (κ3) is 4.89. The van der Waals surface area contributed by atoms with Gasteiger partial charge in [0.15, 0.2) is 4.34 Å². The van der Waals surface area contributed by atoms with E-state index in [4.69, 9.17) is 10.5 Å². The first-order chi connectivity index (χ1) is 11.7. The van der Waals surface area contributed by atoms with Gasteiger partial charge < -0.3 is 15.4 Å². The van der Waals surface area contributed by atoms with Gasteiger partial charge in [-0.1, -0.05) is 29.2 Å². The minimum Gasteiger partial charge on any atom is -0.374 e. The molecule has 1 amide bonds. The van der Waals surface area contributed by atoms with Crippen LogP contribution >= 0.6 is 23.1 Å². The molecule has 0 aromatic carbocycles. The molecular weight excluding hydrogens is 346 g/mol. The number of anilines is 1. The molecule has 9 heteroatoms. The largest absolute Gasteiger partial charge is 0.374 e. The van der Waals surface area contributed by atoms with E-state index in [-0.39, 0.29) is 12.0 Å². The van der Waals surface area contributed by atoms with Crippen molar-refractivity contribution in [1.29, 1.82) is 0 Å². The molecule has 1 aliphatic rings. The molecule has 0 aliphatic carbocycles. The van der Waals surface area contributed by atoms with Crippen molar-refractivity contribution in [3.05, 3.63) is 30.1 Å². The Morgan fingerprint density at radius 1 is 1.50 bits per heavy atom. The topological polar surface area (TPSA) is 94.2 Å². The number of likely N-dealkylation sites (tertiary alicyclic amines) is 1. The molecule has 24 heavy (non-hydrogen) atoms. The SMILES string of the molecule is Nc1nnc(SCC(=O)N2CCC[C@@H](OCc3cccnc3)C2)s1. The second-order valence-electron chi connectivity index (χ2n) is 5.47. The Hall–Kier alpha value is -1.71. The Balaban J connectivity index is 1.45. The zero-order chi connectivity index (χ0) is 16.8. The second-order valence-corrected chi connectivity index (χ2v) is 7.70. The molecule has 2 aromatic heterocycles. The predicted molar refractivity (Wildman–Crippen MR) is 93.7 cm³/mol. The summed E-state index contributed by atoms with van der Waals surface area (Å²) in [6.07, 6.45) is 5.55. The van der Waals surface area contributed by atoms with Gasteiger partial charge in [0.1, 0.15) is 0 Å². The number of nitrogen functional groups attached to an aromatic ring is 1. The lowest BCUT2D eigenvalue weighted by atomic mass is 10.1. The van der Waals surface area contributed by atoms with E-state index in [1.54, 1.807) is 12.4 Å². The van der Waals surface area contributed by atoms with E-state index in [1.165, 1.54) is 23.1 Å². The molecule has 1 saturated heterocycles. The molecule has 3 rings (SSSR count). The molecule has 128 valence electrons. The Kier molecular flexibility index (Phi) is 6.00. The number of ether oxygens (including phenoxy) is 1. The number of pyridine rings is 1. The lowest BCUT2D eigenvalue weighted by Gasteiger charge is -2.32. The average molecular weight is 365 g/mol. The highest BCUT2D eigenvalue weighted by Crippen LogP contribution is 2.24. The molecule has 3 heterocycles. The lowest BCUT2D eigenvalue weighted by molar-refractivity contribution is -0.132. The van der Waals surface area contributed by atoms with Gasteiger partial charge in [-0.2, -0.15) is 0 Å². The quantitative estimate of drug-likeness (QED) is 0.780. The van der Waals surface area contributed by atoms with Gasteiger partial charge in [0.2, 0.25) is 11.0 Å². The van der Waals surface area contributed by atoms with Crippen molar-refractivity contribution in [3.8, 4) is 0 Å². The molecule has 0 bridgehead atoms. The summed E-state index contributed by atoms with van der Waals surface area (Å²) in [4.78, 5) is 18.3. The summed E-state index contributed by atoms with van der Waals surface area (Å²) in [6, 6.07) is 3.88. The third-order valence-corrected chi connectivity index (χ3v) is 5.55. The molecule has 0 spiro atoms. The second kappa shape index (κ2) is 8.41. The maximum atomic E-state index is 12.4. The van der Waals surface area contributed by atoms with Crippen LogP contribution in [-0.2, 0) is 16.1 Å². The maximum absolute atomic E-state index is 12.4. The minimum absolute atomic E-state index is 0.0741. The third-order valence-electron chi connectivity index (χ3n) is 3.68. The van der Waals surface area contributed by atoms with Crippen molar-refractivity contribution >= 4 is 34.1 Å². The minimum atomic E-state index is 0.0741. The predicted octanol–water partition coefficient (Wildman–Crippen LogP) is 1.82. The molecule has 2 N–H and O–H groups in total. The van der Waals surface area contributed by atoms with Crippen molar-refractivity contribution in [2.24, 2.45) is 0 Å². The molecule has 1 atom stereocenters.